The first-order valence-corrected chi connectivity index (χ1v) is 10.5. The molecule has 154 valence electrons. The molecule has 7 nitrogen and oxygen atoms in total. The lowest BCUT2D eigenvalue weighted by Crippen LogP contribution is -2.28. The minimum atomic E-state index is -0.136. The average molecular weight is 489 g/mol. The van der Waals surface area contributed by atoms with E-state index in [0.717, 1.165) is 28.0 Å². The van der Waals surface area contributed by atoms with Crippen LogP contribution >= 0.6 is 27.5 Å². The normalized spacial score (nSPS) is 11.0. The molecule has 30 heavy (non-hydrogen) atoms. The molecule has 4 aromatic rings. The molecule has 0 aliphatic rings. The Morgan fingerprint density at radius 2 is 2.13 bits per heavy atom. The van der Waals surface area contributed by atoms with Gasteiger partial charge in [-0.25, -0.2) is 4.98 Å². The molecular formula is C21H19BrClN5O2. The van der Waals surface area contributed by atoms with Gasteiger partial charge in [0.2, 0.25) is 0 Å². The highest BCUT2D eigenvalue weighted by molar-refractivity contribution is 9.10. The van der Waals surface area contributed by atoms with Gasteiger partial charge >= 0.3 is 0 Å². The molecule has 0 saturated carbocycles. The topological polar surface area (TPSA) is 75.7 Å². The van der Waals surface area contributed by atoms with Crippen LogP contribution in [0.15, 0.2) is 63.8 Å². The third-order valence-electron chi connectivity index (χ3n) is 4.63. The molecule has 3 aromatic heterocycles. The Bertz CT molecular complexity index is 1180. The van der Waals surface area contributed by atoms with E-state index >= 15 is 0 Å². The van der Waals surface area contributed by atoms with Crippen LogP contribution in [0.2, 0.25) is 5.02 Å². The summed E-state index contributed by atoms with van der Waals surface area (Å²) in [6.07, 6.45) is 3.95. The fourth-order valence-corrected chi connectivity index (χ4v) is 3.67. The number of amides is 1. The maximum atomic E-state index is 12.3. The number of rotatable bonds is 7. The number of anilines is 1. The molecule has 4 rings (SSSR count). The summed E-state index contributed by atoms with van der Waals surface area (Å²) in [5.74, 6) is 0.996. The third kappa shape index (κ3) is 4.20. The van der Waals surface area contributed by atoms with Gasteiger partial charge in [0.15, 0.2) is 11.4 Å². The minimum absolute atomic E-state index is 0.136. The number of nitrogens with one attached hydrogen (secondary N) is 1. The van der Waals surface area contributed by atoms with Crippen LogP contribution in [0.3, 0.4) is 0 Å². The van der Waals surface area contributed by atoms with Crippen LogP contribution in [0.5, 0.6) is 0 Å². The van der Waals surface area contributed by atoms with Crippen LogP contribution < -0.4 is 5.32 Å². The van der Waals surface area contributed by atoms with Crippen LogP contribution in [0.1, 0.15) is 17.0 Å². The number of furan rings is 1. The number of halogens is 2. The Morgan fingerprint density at radius 1 is 1.30 bits per heavy atom. The van der Waals surface area contributed by atoms with Gasteiger partial charge in [0.1, 0.15) is 5.82 Å². The fourth-order valence-electron chi connectivity index (χ4n) is 3.09. The summed E-state index contributed by atoms with van der Waals surface area (Å²) in [7, 11) is 1.76. The van der Waals surface area contributed by atoms with Crippen molar-refractivity contribution in [2.75, 3.05) is 25.5 Å². The Balaban J connectivity index is 1.48. The van der Waals surface area contributed by atoms with E-state index in [4.69, 9.17) is 21.0 Å². The summed E-state index contributed by atoms with van der Waals surface area (Å²) in [5, 5.41) is 8.41. The molecule has 0 spiro atoms. The van der Waals surface area contributed by atoms with E-state index in [1.54, 1.807) is 34.8 Å². The zero-order chi connectivity index (χ0) is 21.1. The molecular weight excluding hydrogens is 470 g/mol. The van der Waals surface area contributed by atoms with Gasteiger partial charge in [0, 0.05) is 36.8 Å². The highest BCUT2D eigenvalue weighted by Crippen LogP contribution is 2.30. The molecule has 9 heteroatoms. The van der Waals surface area contributed by atoms with E-state index < -0.39 is 0 Å². The highest BCUT2D eigenvalue weighted by Gasteiger charge is 2.15. The van der Waals surface area contributed by atoms with Crippen molar-refractivity contribution in [3.63, 3.8) is 0 Å². The van der Waals surface area contributed by atoms with E-state index in [9.17, 15) is 4.79 Å². The zero-order valence-electron chi connectivity index (χ0n) is 16.2. The number of hydrogen-bond donors (Lipinski definition) is 1. The molecule has 0 atom stereocenters. The molecule has 1 aromatic carbocycles. The number of benzene rings is 1. The van der Waals surface area contributed by atoms with Crippen molar-refractivity contribution in [1.29, 1.82) is 0 Å². The second-order valence-electron chi connectivity index (χ2n) is 6.72. The van der Waals surface area contributed by atoms with E-state index in [-0.39, 0.29) is 5.91 Å². The molecule has 0 aliphatic carbocycles. The van der Waals surface area contributed by atoms with E-state index in [0.29, 0.717) is 29.5 Å². The smallest absolute Gasteiger partial charge is 0.289 e. The van der Waals surface area contributed by atoms with Crippen molar-refractivity contribution in [2.45, 2.75) is 6.42 Å². The number of hydrogen-bond acceptors (Lipinski definition) is 5. The Morgan fingerprint density at radius 3 is 2.90 bits per heavy atom. The van der Waals surface area contributed by atoms with E-state index in [1.165, 1.54) is 6.26 Å². The molecule has 0 aliphatic heterocycles. The van der Waals surface area contributed by atoms with Crippen LogP contribution in [0.4, 0.5) is 5.82 Å². The van der Waals surface area contributed by atoms with Crippen LogP contribution in [0, 0.1) is 0 Å². The Hall–Kier alpha value is -2.84. The molecule has 0 bridgehead atoms. The number of fused-ring (bicyclic) bond motifs is 1. The first-order chi connectivity index (χ1) is 14.5. The van der Waals surface area contributed by atoms with Gasteiger partial charge in [-0.2, -0.15) is 9.61 Å². The minimum Gasteiger partial charge on any atom is -0.459 e. The van der Waals surface area contributed by atoms with Gasteiger partial charge in [0.05, 0.1) is 22.6 Å². The summed E-state index contributed by atoms with van der Waals surface area (Å²) in [5.41, 5.74) is 2.29. The molecule has 1 N–H and O–H groups in total. The van der Waals surface area contributed by atoms with Gasteiger partial charge in [-0.05, 0) is 40.5 Å². The quantitative estimate of drug-likeness (QED) is 0.371. The van der Waals surface area contributed by atoms with Crippen LogP contribution in [-0.2, 0) is 0 Å². The maximum Gasteiger partial charge on any atom is 0.289 e. The predicted molar refractivity (Wildman–Crippen MR) is 120 cm³/mol. The van der Waals surface area contributed by atoms with Crippen molar-refractivity contribution in [3.8, 4) is 11.3 Å². The molecule has 0 saturated heterocycles. The van der Waals surface area contributed by atoms with Crippen LogP contribution in [-0.4, -0.2) is 45.5 Å². The van der Waals surface area contributed by atoms with E-state index in [1.807, 2.05) is 30.3 Å². The SMILES string of the molecule is CN(CCCNc1cc(-c2ccccc2Cl)nc2c(Br)cnn12)C(=O)c1ccco1. The lowest BCUT2D eigenvalue weighted by molar-refractivity contribution is 0.0763. The largest absolute Gasteiger partial charge is 0.459 e. The summed E-state index contributed by atoms with van der Waals surface area (Å²) >= 11 is 9.87. The first-order valence-electron chi connectivity index (χ1n) is 9.36. The monoisotopic (exact) mass is 487 g/mol. The van der Waals surface area contributed by atoms with E-state index in [2.05, 4.69) is 26.3 Å². The van der Waals surface area contributed by atoms with Gasteiger partial charge in [0.25, 0.3) is 5.91 Å². The van der Waals surface area contributed by atoms with Crippen molar-refractivity contribution in [1.82, 2.24) is 19.5 Å². The highest BCUT2D eigenvalue weighted by atomic mass is 79.9. The lowest BCUT2D eigenvalue weighted by Gasteiger charge is -2.16. The maximum absolute atomic E-state index is 12.3. The van der Waals surface area contributed by atoms with Crippen molar-refractivity contribution in [2.24, 2.45) is 0 Å². The van der Waals surface area contributed by atoms with Crippen molar-refractivity contribution in [3.05, 3.63) is 70.2 Å². The molecule has 0 unspecified atom stereocenters. The number of nitrogens with zero attached hydrogens (tertiary/aromatic N) is 4. The van der Waals surface area contributed by atoms with Crippen molar-refractivity contribution >= 4 is 44.9 Å². The van der Waals surface area contributed by atoms with Gasteiger partial charge in [-0.15, -0.1) is 0 Å². The Labute approximate surface area is 186 Å². The Kier molecular flexibility index (Phi) is 6.06. The summed E-state index contributed by atoms with van der Waals surface area (Å²) in [6.45, 7) is 1.23. The third-order valence-corrected chi connectivity index (χ3v) is 5.52. The fraction of sp³-hybridized carbons (Fsp3) is 0.190. The first kappa shape index (κ1) is 20.4. The number of carbonyl (C=O) groups is 1. The summed E-state index contributed by atoms with van der Waals surface area (Å²) in [6, 6.07) is 12.9. The second-order valence-corrected chi connectivity index (χ2v) is 7.98. The molecule has 1 amide bonds. The van der Waals surface area contributed by atoms with Crippen LogP contribution in [0.25, 0.3) is 16.9 Å². The molecule has 3 heterocycles. The summed E-state index contributed by atoms with van der Waals surface area (Å²) in [4.78, 5) is 18.6. The van der Waals surface area contributed by atoms with Gasteiger partial charge in [-0.3, -0.25) is 4.79 Å². The zero-order valence-corrected chi connectivity index (χ0v) is 18.5. The number of carbonyl (C=O) groups excluding carboxylic acids is 1. The standard InChI is InChI=1S/C21H19BrClN5O2/c1-27(21(29)18-8-4-11-30-18)10-5-9-24-19-12-17(14-6-2-3-7-16(14)23)26-20-15(22)13-25-28(19)20/h2-4,6-8,11-13,24H,5,9-10H2,1H3. The predicted octanol–water partition coefficient (Wildman–Crippen LogP) is 4.98. The average Bonchev–Trinajstić information content (AvgIpc) is 3.41. The van der Waals surface area contributed by atoms with Gasteiger partial charge in [-0.1, -0.05) is 29.8 Å². The van der Waals surface area contributed by atoms with Crippen molar-refractivity contribution < 1.29 is 9.21 Å². The molecule has 0 fully saturated rings. The summed E-state index contributed by atoms with van der Waals surface area (Å²) < 4.78 is 7.70. The molecule has 0 radical (unpaired) electrons. The van der Waals surface area contributed by atoms with Gasteiger partial charge < -0.3 is 14.6 Å². The second kappa shape index (κ2) is 8.89. The lowest BCUT2D eigenvalue weighted by atomic mass is 10.1. The number of aromatic nitrogens is 3.